The highest BCUT2D eigenvalue weighted by molar-refractivity contribution is 9.10. The van der Waals surface area contributed by atoms with Gasteiger partial charge in [-0.15, -0.1) is 11.3 Å². The summed E-state index contributed by atoms with van der Waals surface area (Å²) in [5, 5.41) is 1.24. The number of fused-ring (bicyclic) bond motifs is 2. The van der Waals surface area contributed by atoms with Crippen molar-refractivity contribution in [2.45, 2.75) is 25.4 Å². The first kappa shape index (κ1) is 15.5. The van der Waals surface area contributed by atoms with Crippen molar-refractivity contribution >= 4 is 43.1 Å². The molecule has 1 saturated heterocycles. The Kier molecular flexibility index (Phi) is 3.84. The predicted molar refractivity (Wildman–Crippen MR) is 105 cm³/mol. The third-order valence-corrected chi connectivity index (χ3v) is 6.40. The zero-order valence-corrected chi connectivity index (χ0v) is 16.0. The van der Waals surface area contributed by atoms with Gasteiger partial charge in [-0.1, -0.05) is 12.1 Å². The van der Waals surface area contributed by atoms with Crippen LogP contribution in [-0.4, -0.2) is 25.8 Å². The van der Waals surface area contributed by atoms with Gasteiger partial charge in [0.2, 0.25) is 0 Å². The van der Waals surface area contributed by atoms with E-state index in [4.69, 9.17) is 9.97 Å². The van der Waals surface area contributed by atoms with Crippen LogP contribution in [0.5, 0.6) is 0 Å². The molecule has 0 bridgehead atoms. The Hall–Kier alpha value is -1.76. The third kappa shape index (κ3) is 2.88. The summed E-state index contributed by atoms with van der Waals surface area (Å²) < 4.78 is 4.43. The minimum Gasteiger partial charge on any atom is -0.306 e. The Morgan fingerprint density at radius 1 is 1.12 bits per heavy atom. The standard InChI is InChI=1S/C19H17BrN4S/c20-13-7-8-18-21-14(12-24(18)10-13)11-23-9-3-5-16(23)19-22-15-4-1-2-6-17(15)25-19/h1-2,4,6-8,10,12,16H,3,5,9,11H2. The lowest BCUT2D eigenvalue weighted by Crippen LogP contribution is -2.22. The molecule has 0 radical (unpaired) electrons. The number of likely N-dealkylation sites (tertiary alicyclic amines) is 1. The molecule has 4 aromatic rings. The van der Waals surface area contributed by atoms with Crippen molar-refractivity contribution in [1.29, 1.82) is 0 Å². The fourth-order valence-electron chi connectivity index (χ4n) is 3.63. The molecule has 0 spiro atoms. The summed E-state index contributed by atoms with van der Waals surface area (Å²) in [7, 11) is 0. The molecule has 6 heteroatoms. The van der Waals surface area contributed by atoms with Crippen LogP contribution in [0, 0.1) is 0 Å². The van der Waals surface area contributed by atoms with Crippen LogP contribution in [0.2, 0.25) is 0 Å². The van der Waals surface area contributed by atoms with Gasteiger partial charge in [0, 0.05) is 23.4 Å². The minimum absolute atomic E-state index is 0.411. The highest BCUT2D eigenvalue weighted by Gasteiger charge is 2.29. The molecule has 3 aromatic heterocycles. The van der Waals surface area contributed by atoms with E-state index >= 15 is 0 Å². The van der Waals surface area contributed by atoms with E-state index in [1.165, 1.54) is 22.5 Å². The predicted octanol–water partition coefficient (Wildman–Crippen LogP) is 5.04. The van der Waals surface area contributed by atoms with Crippen molar-refractivity contribution in [3.05, 3.63) is 64.0 Å². The lowest BCUT2D eigenvalue weighted by Gasteiger charge is -2.21. The molecule has 25 heavy (non-hydrogen) atoms. The molecule has 1 aliphatic heterocycles. The molecule has 5 rings (SSSR count). The van der Waals surface area contributed by atoms with Crippen LogP contribution < -0.4 is 0 Å². The molecule has 1 atom stereocenters. The SMILES string of the molecule is Brc1ccc2nc(CN3CCCC3c3nc4ccccc4s3)cn2c1. The lowest BCUT2D eigenvalue weighted by atomic mass is 10.2. The summed E-state index contributed by atoms with van der Waals surface area (Å²) in [6.07, 6.45) is 6.59. The summed E-state index contributed by atoms with van der Waals surface area (Å²) in [6.45, 7) is 1.98. The molecular weight excluding hydrogens is 396 g/mol. The second-order valence-corrected chi connectivity index (χ2v) is 8.47. The van der Waals surface area contributed by atoms with Gasteiger partial charge in [-0.2, -0.15) is 0 Å². The number of benzene rings is 1. The normalized spacial score (nSPS) is 18.5. The second kappa shape index (κ2) is 6.20. The highest BCUT2D eigenvalue weighted by Crippen LogP contribution is 2.37. The maximum atomic E-state index is 4.89. The van der Waals surface area contributed by atoms with Gasteiger partial charge in [-0.25, -0.2) is 9.97 Å². The quantitative estimate of drug-likeness (QED) is 0.472. The van der Waals surface area contributed by atoms with E-state index in [0.717, 1.165) is 34.4 Å². The van der Waals surface area contributed by atoms with E-state index in [-0.39, 0.29) is 0 Å². The Morgan fingerprint density at radius 3 is 2.96 bits per heavy atom. The topological polar surface area (TPSA) is 33.4 Å². The first-order chi connectivity index (χ1) is 12.3. The number of thiazole rings is 1. The molecule has 0 amide bonds. The van der Waals surface area contributed by atoms with Crippen LogP contribution >= 0.6 is 27.3 Å². The third-order valence-electron chi connectivity index (χ3n) is 4.79. The largest absolute Gasteiger partial charge is 0.306 e. The Balaban J connectivity index is 1.43. The van der Waals surface area contributed by atoms with E-state index in [1.54, 1.807) is 0 Å². The maximum absolute atomic E-state index is 4.89. The molecule has 1 fully saturated rings. The van der Waals surface area contributed by atoms with Crippen molar-refractivity contribution in [2.75, 3.05) is 6.54 Å². The van der Waals surface area contributed by atoms with Crippen molar-refractivity contribution < 1.29 is 0 Å². The molecule has 1 aromatic carbocycles. The smallest absolute Gasteiger partial charge is 0.137 e. The van der Waals surface area contributed by atoms with Crippen LogP contribution in [-0.2, 0) is 6.54 Å². The number of pyridine rings is 1. The Labute approximate surface area is 158 Å². The number of para-hydroxylation sites is 1. The average molecular weight is 413 g/mol. The summed E-state index contributed by atoms with van der Waals surface area (Å²) in [6, 6.07) is 12.9. The first-order valence-corrected chi connectivity index (χ1v) is 10.1. The number of nitrogens with zero attached hydrogens (tertiary/aromatic N) is 4. The van der Waals surface area contributed by atoms with Crippen molar-refractivity contribution in [1.82, 2.24) is 19.3 Å². The highest BCUT2D eigenvalue weighted by atomic mass is 79.9. The van der Waals surface area contributed by atoms with Crippen LogP contribution in [0.1, 0.15) is 29.6 Å². The minimum atomic E-state index is 0.411. The zero-order valence-electron chi connectivity index (χ0n) is 13.6. The number of hydrogen-bond acceptors (Lipinski definition) is 4. The van der Waals surface area contributed by atoms with Gasteiger partial charge in [-0.3, -0.25) is 4.90 Å². The Morgan fingerprint density at radius 2 is 2.04 bits per heavy atom. The van der Waals surface area contributed by atoms with Crippen LogP contribution in [0.4, 0.5) is 0 Å². The van der Waals surface area contributed by atoms with Gasteiger partial charge in [-0.05, 0) is 59.6 Å². The van der Waals surface area contributed by atoms with Crippen molar-refractivity contribution in [2.24, 2.45) is 0 Å². The molecule has 4 nitrogen and oxygen atoms in total. The number of hydrogen-bond donors (Lipinski definition) is 0. The molecule has 0 saturated carbocycles. The van der Waals surface area contributed by atoms with Gasteiger partial charge in [0.15, 0.2) is 0 Å². The van der Waals surface area contributed by atoms with Gasteiger partial charge in [0.25, 0.3) is 0 Å². The summed E-state index contributed by atoms with van der Waals surface area (Å²) in [5.74, 6) is 0. The van der Waals surface area contributed by atoms with E-state index in [9.17, 15) is 0 Å². The monoisotopic (exact) mass is 412 g/mol. The number of halogens is 1. The second-order valence-electron chi connectivity index (χ2n) is 6.49. The Bertz CT molecular complexity index is 1020. The zero-order chi connectivity index (χ0) is 16.8. The fourth-order valence-corrected chi connectivity index (χ4v) is 5.12. The average Bonchev–Trinajstić information content (AvgIpc) is 3.31. The molecule has 1 aliphatic rings. The van der Waals surface area contributed by atoms with Gasteiger partial charge >= 0.3 is 0 Å². The van der Waals surface area contributed by atoms with Crippen molar-refractivity contribution in [3.8, 4) is 0 Å². The van der Waals surface area contributed by atoms with Crippen LogP contribution in [0.15, 0.2) is 53.3 Å². The van der Waals surface area contributed by atoms with Crippen molar-refractivity contribution in [3.63, 3.8) is 0 Å². The number of imidazole rings is 1. The van der Waals surface area contributed by atoms with Crippen LogP contribution in [0.3, 0.4) is 0 Å². The fraction of sp³-hybridized carbons (Fsp3) is 0.263. The van der Waals surface area contributed by atoms with E-state index < -0.39 is 0 Å². The first-order valence-electron chi connectivity index (χ1n) is 8.49. The molecule has 126 valence electrons. The maximum Gasteiger partial charge on any atom is 0.137 e. The molecule has 0 aliphatic carbocycles. The van der Waals surface area contributed by atoms with E-state index in [1.807, 2.05) is 23.5 Å². The molecule has 1 unspecified atom stereocenters. The van der Waals surface area contributed by atoms with Gasteiger partial charge in [0.05, 0.1) is 22.0 Å². The lowest BCUT2D eigenvalue weighted by molar-refractivity contribution is 0.246. The summed E-state index contributed by atoms with van der Waals surface area (Å²) in [5.41, 5.74) is 3.23. The number of rotatable bonds is 3. The van der Waals surface area contributed by atoms with E-state index in [2.05, 4.69) is 61.9 Å². The number of aromatic nitrogens is 3. The van der Waals surface area contributed by atoms with Gasteiger partial charge < -0.3 is 4.40 Å². The van der Waals surface area contributed by atoms with E-state index in [0.29, 0.717) is 6.04 Å². The molecular formula is C19H17BrN4S. The molecule has 4 heterocycles. The summed E-state index contributed by atoms with van der Waals surface area (Å²) >= 11 is 5.35. The molecule has 0 N–H and O–H groups in total. The van der Waals surface area contributed by atoms with Gasteiger partial charge in [0.1, 0.15) is 10.7 Å². The summed E-state index contributed by atoms with van der Waals surface area (Å²) in [4.78, 5) is 12.2. The van der Waals surface area contributed by atoms with Crippen LogP contribution in [0.25, 0.3) is 15.9 Å².